The summed E-state index contributed by atoms with van der Waals surface area (Å²) in [6, 6.07) is 6.05. The van der Waals surface area contributed by atoms with Gasteiger partial charge in [-0.05, 0) is 19.1 Å². The first-order chi connectivity index (χ1) is 7.57. The molecule has 16 heavy (non-hydrogen) atoms. The van der Waals surface area contributed by atoms with Crippen LogP contribution in [0, 0.1) is 0 Å². The lowest BCUT2D eigenvalue weighted by Crippen LogP contribution is -2.37. The summed E-state index contributed by atoms with van der Waals surface area (Å²) in [6.07, 6.45) is 0. The van der Waals surface area contributed by atoms with Crippen LogP contribution in [0.25, 0.3) is 0 Å². The van der Waals surface area contributed by atoms with E-state index in [4.69, 9.17) is 5.11 Å². The van der Waals surface area contributed by atoms with Crippen molar-refractivity contribution in [2.45, 2.75) is 6.92 Å². The number of carbonyl (C=O) groups excluding carboxylic acids is 1. The molecule has 0 saturated heterocycles. The van der Waals surface area contributed by atoms with Crippen molar-refractivity contribution in [2.24, 2.45) is 0 Å². The average molecular weight is 222 g/mol. The first kappa shape index (κ1) is 12.0. The molecule has 2 amide bonds. The third-order valence-electron chi connectivity index (χ3n) is 2.13. The molecule has 0 aromatic heterocycles. The van der Waals surface area contributed by atoms with Crippen molar-refractivity contribution in [3.05, 3.63) is 29.8 Å². The third kappa shape index (κ3) is 2.50. The Morgan fingerprint density at radius 1 is 1.38 bits per heavy atom. The molecule has 5 heteroatoms. The zero-order valence-electron chi connectivity index (χ0n) is 9.23. The molecule has 1 rings (SSSR count). The molecule has 0 heterocycles. The van der Waals surface area contributed by atoms with E-state index < -0.39 is 5.97 Å². The van der Waals surface area contributed by atoms with Crippen LogP contribution in [0.15, 0.2) is 24.3 Å². The van der Waals surface area contributed by atoms with Gasteiger partial charge in [-0.2, -0.15) is 0 Å². The summed E-state index contributed by atoms with van der Waals surface area (Å²) in [5.74, 6) is -1.05. The summed E-state index contributed by atoms with van der Waals surface area (Å²) < 4.78 is 0. The van der Waals surface area contributed by atoms with Gasteiger partial charge in [0.2, 0.25) is 0 Å². The molecule has 0 bridgehead atoms. The third-order valence-corrected chi connectivity index (χ3v) is 2.13. The van der Waals surface area contributed by atoms with E-state index in [1.807, 2.05) is 0 Å². The van der Waals surface area contributed by atoms with Gasteiger partial charge in [-0.25, -0.2) is 9.59 Å². The Morgan fingerprint density at radius 3 is 2.56 bits per heavy atom. The van der Waals surface area contributed by atoms with Gasteiger partial charge in [-0.1, -0.05) is 12.1 Å². The molecule has 1 aromatic rings. The Morgan fingerprint density at radius 2 is 2.00 bits per heavy atom. The van der Waals surface area contributed by atoms with Gasteiger partial charge in [0.25, 0.3) is 0 Å². The minimum Gasteiger partial charge on any atom is -0.478 e. The SMILES string of the molecule is CCNC(=O)N(C)c1ccccc1C(=O)O. The highest BCUT2D eigenvalue weighted by Gasteiger charge is 2.16. The minimum absolute atomic E-state index is 0.108. The normalized spacial score (nSPS) is 9.62. The molecule has 1 aromatic carbocycles. The number of nitrogens with one attached hydrogen (secondary N) is 1. The van der Waals surface area contributed by atoms with Gasteiger partial charge in [0.05, 0.1) is 11.3 Å². The average Bonchev–Trinajstić information content (AvgIpc) is 2.28. The Hall–Kier alpha value is -2.04. The van der Waals surface area contributed by atoms with Crippen LogP contribution < -0.4 is 10.2 Å². The summed E-state index contributed by atoms with van der Waals surface area (Å²) in [4.78, 5) is 23.8. The van der Waals surface area contributed by atoms with Gasteiger partial charge < -0.3 is 10.4 Å². The van der Waals surface area contributed by atoms with Crippen LogP contribution in [0.2, 0.25) is 0 Å². The number of nitrogens with zero attached hydrogens (tertiary/aromatic N) is 1. The number of carboxylic acids is 1. The molecule has 5 nitrogen and oxygen atoms in total. The molecule has 0 saturated carbocycles. The quantitative estimate of drug-likeness (QED) is 0.815. The smallest absolute Gasteiger partial charge is 0.337 e. The second-order valence-corrected chi connectivity index (χ2v) is 3.22. The summed E-state index contributed by atoms with van der Waals surface area (Å²) in [5.41, 5.74) is 0.484. The van der Waals surface area contributed by atoms with Gasteiger partial charge in [0, 0.05) is 13.6 Å². The number of hydrogen-bond donors (Lipinski definition) is 2. The van der Waals surface area contributed by atoms with Crippen molar-refractivity contribution in [3.63, 3.8) is 0 Å². The second-order valence-electron chi connectivity index (χ2n) is 3.22. The number of hydrogen-bond acceptors (Lipinski definition) is 2. The minimum atomic E-state index is -1.05. The fraction of sp³-hybridized carbons (Fsp3) is 0.273. The highest BCUT2D eigenvalue weighted by atomic mass is 16.4. The fourth-order valence-electron chi connectivity index (χ4n) is 1.33. The number of aromatic carboxylic acids is 1. The van der Waals surface area contributed by atoms with E-state index in [1.54, 1.807) is 25.1 Å². The number of amides is 2. The lowest BCUT2D eigenvalue weighted by atomic mass is 10.1. The van der Waals surface area contributed by atoms with Crippen molar-refractivity contribution in [2.75, 3.05) is 18.5 Å². The van der Waals surface area contributed by atoms with Crippen molar-refractivity contribution < 1.29 is 14.7 Å². The van der Waals surface area contributed by atoms with Crippen molar-refractivity contribution in [3.8, 4) is 0 Å². The molecule has 0 radical (unpaired) electrons. The van der Waals surface area contributed by atoms with Crippen LogP contribution in [0.5, 0.6) is 0 Å². The van der Waals surface area contributed by atoms with E-state index in [1.165, 1.54) is 18.0 Å². The molecule has 0 unspecified atom stereocenters. The predicted octanol–water partition coefficient (Wildman–Crippen LogP) is 1.55. The molecule has 0 aliphatic carbocycles. The molecule has 86 valence electrons. The molecule has 0 spiro atoms. The number of carboxylic acid groups (broad SMARTS) is 1. The van der Waals surface area contributed by atoms with Gasteiger partial charge in [-0.15, -0.1) is 0 Å². The van der Waals surface area contributed by atoms with E-state index in [-0.39, 0.29) is 11.6 Å². The number of para-hydroxylation sites is 1. The zero-order valence-corrected chi connectivity index (χ0v) is 9.23. The number of urea groups is 1. The Labute approximate surface area is 93.7 Å². The first-order valence-electron chi connectivity index (χ1n) is 4.91. The monoisotopic (exact) mass is 222 g/mol. The van der Waals surface area contributed by atoms with E-state index in [0.717, 1.165) is 0 Å². The van der Waals surface area contributed by atoms with Gasteiger partial charge >= 0.3 is 12.0 Å². The van der Waals surface area contributed by atoms with E-state index >= 15 is 0 Å². The van der Waals surface area contributed by atoms with E-state index in [9.17, 15) is 9.59 Å². The number of anilines is 1. The fourth-order valence-corrected chi connectivity index (χ4v) is 1.33. The zero-order chi connectivity index (χ0) is 12.1. The number of benzene rings is 1. The largest absolute Gasteiger partial charge is 0.478 e. The highest BCUT2D eigenvalue weighted by Crippen LogP contribution is 2.18. The summed E-state index contributed by atoms with van der Waals surface area (Å²) >= 11 is 0. The molecule has 0 aliphatic rings. The molecule has 0 atom stereocenters. The lowest BCUT2D eigenvalue weighted by Gasteiger charge is -2.19. The van der Waals surface area contributed by atoms with Crippen LogP contribution in [0.3, 0.4) is 0 Å². The number of carbonyl (C=O) groups is 2. The molecule has 0 fully saturated rings. The Bertz CT molecular complexity index is 404. The maximum atomic E-state index is 11.5. The van der Waals surface area contributed by atoms with Crippen molar-refractivity contribution in [1.29, 1.82) is 0 Å². The van der Waals surface area contributed by atoms with Crippen molar-refractivity contribution >= 4 is 17.7 Å². The van der Waals surface area contributed by atoms with Crippen LogP contribution in [-0.4, -0.2) is 30.7 Å². The Kier molecular flexibility index (Phi) is 3.88. The summed E-state index contributed by atoms with van der Waals surface area (Å²) in [6.45, 7) is 2.30. The van der Waals surface area contributed by atoms with Crippen LogP contribution >= 0.6 is 0 Å². The highest BCUT2D eigenvalue weighted by molar-refractivity contribution is 6.01. The summed E-state index contributed by atoms with van der Waals surface area (Å²) in [7, 11) is 1.53. The van der Waals surface area contributed by atoms with Crippen LogP contribution in [-0.2, 0) is 0 Å². The molecular formula is C11H14N2O3. The van der Waals surface area contributed by atoms with Crippen LogP contribution in [0.1, 0.15) is 17.3 Å². The van der Waals surface area contributed by atoms with Crippen molar-refractivity contribution in [1.82, 2.24) is 5.32 Å². The maximum Gasteiger partial charge on any atom is 0.337 e. The molecular weight excluding hydrogens is 208 g/mol. The van der Waals surface area contributed by atoms with Gasteiger partial charge in [-0.3, -0.25) is 4.90 Å². The van der Waals surface area contributed by atoms with Gasteiger partial charge in [0.1, 0.15) is 0 Å². The van der Waals surface area contributed by atoms with E-state index in [0.29, 0.717) is 12.2 Å². The van der Waals surface area contributed by atoms with E-state index in [2.05, 4.69) is 5.32 Å². The van der Waals surface area contributed by atoms with Gasteiger partial charge in [0.15, 0.2) is 0 Å². The standard InChI is InChI=1S/C11H14N2O3/c1-3-12-11(16)13(2)9-7-5-4-6-8(9)10(14)15/h4-7H,3H2,1-2H3,(H,12,16)(H,14,15). The lowest BCUT2D eigenvalue weighted by molar-refractivity contribution is 0.0697. The maximum absolute atomic E-state index is 11.5. The topological polar surface area (TPSA) is 69.6 Å². The summed E-state index contributed by atoms with van der Waals surface area (Å²) in [5, 5.41) is 11.6. The van der Waals surface area contributed by atoms with Crippen LogP contribution in [0.4, 0.5) is 10.5 Å². The molecule has 0 aliphatic heterocycles. The number of rotatable bonds is 3. The predicted molar refractivity (Wildman–Crippen MR) is 60.9 cm³/mol. The molecule has 2 N–H and O–H groups in total. The first-order valence-corrected chi connectivity index (χ1v) is 4.91. The Balaban J connectivity index is 3.03. The second kappa shape index (κ2) is 5.16.